The Morgan fingerprint density at radius 3 is 2.52 bits per heavy atom. The van der Waals surface area contributed by atoms with Crippen LogP contribution in [0, 0.1) is 31.3 Å². The fourth-order valence-electron chi connectivity index (χ4n) is 2.09. The van der Waals surface area contributed by atoms with Gasteiger partial charge < -0.3 is 10.1 Å². The van der Waals surface area contributed by atoms with E-state index in [0.29, 0.717) is 11.4 Å². The van der Waals surface area contributed by atoms with Crippen LogP contribution in [0.25, 0.3) is 0 Å². The molecule has 0 amide bonds. The van der Waals surface area contributed by atoms with Gasteiger partial charge in [0.15, 0.2) is 17.5 Å². The highest BCUT2D eigenvalue weighted by atomic mass is 19.2. The van der Waals surface area contributed by atoms with Crippen molar-refractivity contribution in [2.45, 2.75) is 20.4 Å². The Bertz CT molecular complexity index is 674. The molecule has 0 bridgehead atoms. The van der Waals surface area contributed by atoms with Gasteiger partial charge in [0.2, 0.25) is 0 Å². The van der Waals surface area contributed by atoms with Crippen LogP contribution in [-0.4, -0.2) is 12.1 Å². The van der Waals surface area contributed by atoms with Gasteiger partial charge >= 0.3 is 0 Å². The van der Waals surface area contributed by atoms with Crippen molar-refractivity contribution in [1.82, 2.24) is 4.98 Å². The van der Waals surface area contributed by atoms with Gasteiger partial charge in [-0.05, 0) is 26.0 Å². The Hall–Kier alpha value is -2.24. The number of hydrogen-bond donors (Lipinski definition) is 1. The molecule has 112 valence electrons. The summed E-state index contributed by atoms with van der Waals surface area (Å²) in [5.41, 5.74) is 2.22. The van der Waals surface area contributed by atoms with Gasteiger partial charge in [0.05, 0.1) is 25.0 Å². The molecule has 6 heteroatoms. The molecule has 3 nitrogen and oxygen atoms in total. The average molecular weight is 296 g/mol. The van der Waals surface area contributed by atoms with Crippen molar-refractivity contribution >= 4 is 5.69 Å². The summed E-state index contributed by atoms with van der Waals surface area (Å²) in [5.74, 6) is -3.25. The molecule has 0 spiro atoms. The number of ether oxygens (including phenoxy) is 1. The number of rotatable bonds is 4. The van der Waals surface area contributed by atoms with Crippen LogP contribution in [0.2, 0.25) is 0 Å². The van der Waals surface area contributed by atoms with Crippen LogP contribution in [0.3, 0.4) is 0 Å². The van der Waals surface area contributed by atoms with Crippen LogP contribution in [0.1, 0.15) is 16.8 Å². The van der Waals surface area contributed by atoms with E-state index in [4.69, 9.17) is 4.74 Å². The fourth-order valence-corrected chi connectivity index (χ4v) is 2.09. The second-order valence-corrected chi connectivity index (χ2v) is 4.62. The first-order chi connectivity index (χ1) is 9.95. The van der Waals surface area contributed by atoms with E-state index < -0.39 is 17.5 Å². The molecule has 1 aromatic heterocycles. The molecule has 1 N–H and O–H groups in total. The van der Waals surface area contributed by atoms with Crippen molar-refractivity contribution in [3.8, 4) is 5.75 Å². The number of aromatic nitrogens is 1. The summed E-state index contributed by atoms with van der Waals surface area (Å²) in [4.78, 5) is 4.24. The Labute approximate surface area is 120 Å². The standard InChI is InChI=1S/C15H15F3N2O/c1-8-6-19-12(9(2)15(8)21-3)7-20-11-5-4-10(16)13(17)14(11)18/h4-6,20H,7H2,1-3H3. The third-order valence-electron chi connectivity index (χ3n) is 3.23. The first-order valence-electron chi connectivity index (χ1n) is 6.32. The maximum absolute atomic E-state index is 13.6. The van der Waals surface area contributed by atoms with Crippen LogP contribution in [0.4, 0.5) is 18.9 Å². The highest BCUT2D eigenvalue weighted by Gasteiger charge is 2.14. The molecule has 0 radical (unpaired) electrons. The van der Waals surface area contributed by atoms with Crippen LogP contribution < -0.4 is 10.1 Å². The highest BCUT2D eigenvalue weighted by Crippen LogP contribution is 2.25. The van der Waals surface area contributed by atoms with E-state index in [0.717, 1.165) is 23.3 Å². The molecule has 0 aliphatic rings. The molecule has 0 aliphatic carbocycles. The van der Waals surface area contributed by atoms with Crippen molar-refractivity contribution in [2.75, 3.05) is 12.4 Å². The zero-order valence-corrected chi connectivity index (χ0v) is 11.9. The molecule has 1 heterocycles. The van der Waals surface area contributed by atoms with Crippen molar-refractivity contribution < 1.29 is 17.9 Å². The highest BCUT2D eigenvalue weighted by molar-refractivity contribution is 5.47. The van der Waals surface area contributed by atoms with Crippen molar-refractivity contribution in [2.24, 2.45) is 0 Å². The van der Waals surface area contributed by atoms with Crippen LogP contribution in [0.5, 0.6) is 5.75 Å². The summed E-state index contributed by atoms with van der Waals surface area (Å²) >= 11 is 0. The molecule has 0 fully saturated rings. The number of nitrogens with one attached hydrogen (secondary N) is 1. The normalized spacial score (nSPS) is 10.6. The molecule has 1 aromatic carbocycles. The van der Waals surface area contributed by atoms with Crippen LogP contribution in [-0.2, 0) is 6.54 Å². The van der Waals surface area contributed by atoms with E-state index in [2.05, 4.69) is 10.3 Å². The average Bonchev–Trinajstić information content (AvgIpc) is 2.46. The molecule has 0 unspecified atom stereocenters. The van der Waals surface area contributed by atoms with Crippen molar-refractivity contribution in [1.29, 1.82) is 0 Å². The number of methoxy groups -OCH3 is 1. The monoisotopic (exact) mass is 296 g/mol. The second-order valence-electron chi connectivity index (χ2n) is 4.62. The fraction of sp³-hybridized carbons (Fsp3) is 0.267. The molecule has 2 aromatic rings. The maximum Gasteiger partial charge on any atom is 0.196 e. The lowest BCUT2D eigenvalue weighted by atomic mass is 10.1. The van der Waals surface area contributed by atoms with Gasteiger partial charge in [-0.15, -0.1) is 0 Å². The van der Waals surface area contributed by atoms with Crippen molar-refractivity contribution in [3.05, 3.63) is 52.6 Å². The summed E-state index contributed by atoms with van der Waals surface area (Å²) in [6, 6.07) is 2.02. The molecule has 0 saturated heterocycles. The Morgan fingerprint density at radius 2 is 1.86 bits per heavy atom. The summed E-state index contributed by atoms with van der Waals surface area (Å²) < 4.78 is 44.8. The first kappa shape index (κ1) is 15.2. The number of benzene rings is 1. The third kappa shape index (κ3) is 2.94. The minimum absolute atomic E-state index is 0.116. The molecule has 0 aliphatic heterocycles. The lowest BCUT2D eigenvalue weighted by Gasteiger charge is -2.13. The minimum atomic E-state index is -1.49. The minimum Gasteiger partial charge on any atom is -0.496 e. The van der Waals surface area contributed by atoms with Gasteiger partial charge in [-0.3, -0.25) is 4.98 Å². The first-order valence-corrected chi connectivity index (χ1v) is 6.32. The molecule has 21 heavy (non-hydrogen) atoms. The van der Waals surface area contributed by atoms with E-state index in [9.17, 15) is 13.2 Å². The molecule has 2 rings (SSSR count). The predicted octanol–water partition coefficient (Wildman–Crippen LogP) is 3.74. The number of hydrogen-bond acceptors (Lipinski definition) is 3. The lowest BCUT2D eigenvalue weighted by molar-refractivity contribution is 0.407. The number of halogens is 3. The largest absolute Gasteiger partial charge is 0.496 e. The van der Waals surface area contributed by atoms with Crippen LogP contribution >= 0.6 is 0 Å². The van der Waals surface area contributed by atoms with Gasteiger partial charge in [-0.1, -0.05) is 0 Å². The summed E-state index contributed by atoms with van der Waals surface area (Å²) in [7, 11) is 1.56. The SMILES string of the molecule is COc1c(C)cnc(CNc2ccc(F)c(F)c2F)c1C. The van der Waals surface area contributed by atoms with Gasteiger partial charge in [0.1, 0.15) is 5.75 Å². The quantitative estimate of drug-likeness (QED) is 0.873. The smallest absolute Gasteiger partial charge is 0.196 e. The lowest BCUT2D eigenvalue weighted by Crippen LogP contribution is -2.08. The molecule has 0 atom stereocenters. The zero-order chi connectivity index (χ0) is 15.6. The Morgan fingerprint density at radius 1 is 1.14 bits per heavy atom. The van der Waals surface area contributed by atoms with E-state index in [1.807, 2.05) is 13.8 Å². The second kappa shape index (κ2) is 6.03. The topological polar surface area (TPSA) is 34.1 Å². The van der Waals surface area contributed by atoms with Gasteiger partial charge in [0.25, 0.3) is 0 Å². The molecular weight excluding hydrogens is 281 g/mol. The van der Waals surface area contributed by atoms with E-state index in [1.54, 1.807) is 13.3 Å². The third-order valence-corrected chi connectivity index (χ3v) is 3.23. The molecular formula is C15H15F3N2O. The molecule has 0 saturated carbocycles. The predicted molar refractivity (Wildman–Crippen MR) is 73.9 cm³/mol. The van der Waals surface area contributed by atoms with E-state index >= 15 is 0 Å². The van der Waals surface area contributed by atoms with Gasteiger partial charge in [0, 0.05) is 17.3 Å². The number of pyridine rings is 1. The maximum atomic E-state index is 13.6. The van der Waals surface area contributed by atoms with Gasteiger partial charge in [-0.2, -0.15) is 0 Å². The summed E-state index contributed by atoms with van der Waals surface area (Å²) in [5, 5.41) is 2.71. The summed E-state index contributed by atoms with van der Waals surface area (Å²) in [6.45, 7) is 3.87. The van der Waals surface area contributed by atoms with Crippen LogP contribution in [0.15, 0.2) is 18.3 Å². The number of anilines is 1. The van der Waals surface area contributed by atoms with Crippen molar-refractivity contribution in [3.63, 3.8) is 0 Å². The van der Waals surface area contributed by atoms with E-state index in [-0.39, 0.29) is 12.2 Å². The Balaban J connectivity index is 2.23. The number of nitrogens with zero attached hydrogens (tertiary/aromatic N) is 1. The van der Waals surface area contributed by atoms with Gasteiger partial charge in [-0.25, -0.2) is 13.2 Å². The van der Waals surface area contributed by atoms with E-state index in [1.165, 1.54) is 0 Å². The Kier molecular flexibility index (Phi) is 4.35. The summed E-state index contributed by atoms with van der Waals surface area (Å²) in [6.07, 6.45) is 1.64. The zero-order valence-electron chi connectivity index (χ0n) is 11.9. The number of aryl methyl sites for hydroxylation is 1.